The molecule has 21 heavy (non-hydrogen) atoms. The molecule has 0 aliphatic heterocycles. The Hall–Kier alpha value is -1.18. The number of hydrogen-bond acceptors (Lipinski definition) is 3. The number of sulfonamides is 1. The fraction of sp³-hybridized carbons (Fsp3) is 0.462. The molecule has 5 nitrogen and oxygen atoms in total. The molecule has 1 aromatic rings. The Morgan fingerprint density at radius 3 is 2.48 bits per heavy atom. The molecule has 1 rings (SSSR count). The van der Waals surface area contributed by atoms with E-state index in [-0.39, 0.29) is 23.4 Å². The van der Waals surface area contributed by atoms with Gasteiger partial charge in [-0.15, -0.1) is 0 Å². The fourth-order valence-corrected chi connectivity index (χ4v) is 3.61. The summed E-state index contributed by atoms with van der Waals surface area (Å²) >= 11 is 5.73. The van der Waals surface area contributed by atoms with E-state index in [4.69, 9.17) is 11.6 Å². The fourth-order valence-electron chi connectivity index (χ4n) is 1.76. The first-order chi connectivity index (χ1) is 9.63. The minimum atomic E-state index is -4.13. The average Bonchev–Trinajstić information content (AvgIpc) is 2.24. The van der Waals surface area contributed by atoms with E-state index < -0.39 is 26.8 Å². The van der Waals surface area contributed by atoms with Crippen molar-refractivity contribution in [2.45, 2.75) is 44.2 Å². The molecule has 0 saturated carbocycles. The average molecular weight is 337 g/mol. The van der Waals surface area contributed by atoms with Crippen LogP contribution in [0.3, 0.4) is 0 Å². The van der Waals surface area contributed by atoms with Crippen molar-refractivity contribution in [2.24, 2.45) is 0 Å². The van der Waals surface area contributed by atoms with Gasteiger partial charge in [-0.05, 0) is 32.9 Å². The van der Waals surface area contributed by atoms with Gasteiger partial charge in [0.05, 0.1) is 5.02 Å². The molecule has 0 saturated heterocycles. The van der Waals surface area contributed by atoms with Crippen LogP contribution in [0.5, 0.6) is 0 Å². The van der Waals surface area contributed by atoms with Crippen molar-refractivity contribution < 1.29 is 17.6 Å². The summed E-state index contributed by atoms with van der Waals surface area (Å²) in [5, 5.41) is 2.44. The van der Waals surface area contributed by atoms with Crippen molar-refractivity contribution in [3.8, 4) is 0 Å². The monoisotopic (exact) mass is 336 g/mol. The van der Waals surface area contributed by atoms with Crippen LogP contribution in [0.1, 0.15) is 27.2 Å². The number of halogens is 2. The zero-order chi connectivity index (χ0) is 16.2. The zero-order valence-electron chi connectivity index (χ0n) is 12.0. The van der Waals surface area contributed by atoms with Gasteiger partial charge >= 0.3 is 0 Å². The Kier molecular flexibility index (Phi) is 6.12. The Balaban J connectivity index is 2.84. The molecular weight excluding hydrogens is 319 g/mol. The first kappa shape index (κ1) is 17.9. The van der Waals surface area contributed by atoms with Gasteiger partial charge in [-0.3, -0.25) is 4.79 Å². The van der Waals surface area contributed by atoms with Crippen LogP contribution in [-0.4, -0.2) is 26.4 Å². The lowest BCUT2D eigenvalue weighted by atomic mass is 10.2. The highest BCUT2D eigenvalue weighted by molar-refractivity contribution is 7.89. The van der Waals surface area contributed by atoms with E-state index >= 15 is 0 Å². The third kappa shape index (κ3) is 5.26. The first-order valence-electron chi connectivity index (χ1n) is 6.39. The van der Waals surface area contributed by atoms with Gasteiger partial charge in [0.15, 0.2) is 0 Å². The summed E-state index contributed by atoms with van der Waals surface area (Å²) in [4.78, 5) is 11.0. The van der Waals surface area contributed by atoms with Crippen LogP contribution in [0, 0.1) is 5.82 Å². The predicted molar refractivity (Wildman–Crippen MR) is 79.1 cm³/mol. The maximum atomic E-state index is 13.6. The summed E-state index contributed by atoms with van der Waals surface area (Å²) in [7, 11) is -4.13. The molecule has 8 heteroatoms. The molecule has 0 bridgehead atoms. The Bertz CT molecular complexity index is 600. The van der Waals surface area contributed by atoms with Gasteiger partial charge in [-0.25, -0.2) is 17.5 Å². The third-order valence-electron chi connectivity index (χ3n) is 2.49. The highest BCUT2D eigenvalue weighted by Crippen LogP contribution is 2.24. The molecule has 1 atom stereocenters. The summed E-state index contributed by atoms with van der Waals surface area (Å²) in [5.41, 5.74) is 0. The van der Waals surface area contributed by atoms with Crippen LogP contribution in [0.4, 0.5) is 4.39 Å². The van der Waals surface area contributed by atoms with E-state index in [0.29, 0.717) is 0 Å². The normalized spacial score (nSPS) is 13.2. The van der Waals surface area contributed by atoms with E-state index in [1.54, 1.807) is 13.8 Å². The SMILES string of the molecule is CC(C)NC(=O)CC(C)NS(=O)(=O)c1c(F)cccc1Cl. The molecule has 0 aromatic heterocycles. The minimum Gasteiger partial charge on any atom is -0.354 e. The standard InChI is InChI=1S/C13H18ClFN2O3S/c1-8(2)16-12(18)7-9(3)17-21(19,20)13-10(14)5-4-6-11(13)15/h4-6,8-9,17H,7H2,1-3H3,(H,16,18). The Morgan fingerprint density at radius 2 is 1.95 bits per heavy atom. The van der Waals surface area contributed by atoms with Crippen LogP contribution in [0.2, 0.25) is 5.02 Å². The molecular formula is C13H18ClFN2O3S. The maximum Gasteiger partial charge on any atom is 0.245 e. The highest BCUT2D eigenvalue weighted by Gasteiger charge is 2.25. The topological polar surface area (TPSA) is 75.3 Å². The molecule has 1 unspecified atom stereocenters. The predicted octanol–water partition coefficient (Wildman–Crippen LogP) is 2.06. The molecule has 0 aliphatic rings. The van der Waals surface area contributed by atoms with Crippen molar-refractivity contribution in [3.63, 3.8) is 0 Å². The number of nitrogens with one attached hydrogen (secondary N) is 2. The molecule has 2 N–H and O–H groups in total. The maximum absolute atomic E-state index is 13.6. The lowest BCUT2D eigenvalue weighted by molar-refractivity contribution is -0.121. The summed E-state index contributed by atoms with van der Waals surface area (Å²) in [5.74, 6) is -1.23. The second-order valence-electron chi connectivity index (χ2n) is 5.00. The van der Waals surface area contributed by atoms with E-state index in [0.717, 1.165) is 6.07 Å². The van der Waals surface area contributed by atoms with E-state index in [1.807, 2.05) is 0 Å². The molecule has 0 fully saturated rings. The van der Waals surface area contributed by atoms with Crippen molar-refractivity contribution >= 4 is 27.5 Å². The number of hydrogen-bond donors (Lipinski definition) is 2. The lowest BCUT2D eigenvalue weighted by Gasteiger charge is -2.16. The molecule has 0 heterocycles. The second kappa shape index (κ2) is 7.20. The summed E-state index contributed by atoms with van der Waals surface area (Å²) in [6.07, 6.45) is -0.0521. The quantitative estimate of drug-likeness (QED) is 0.835. The van der Waals surface area contributed by atoms with Gasteiger partial charge in [0, 0.05) is 18.5 Å². The molecule has 0 radical (unpaired) electrons. The molecule has 1 aromatic carbocycles. The van der Waals surface area contributed by atoms with Crippen molar-refractivity contribution in [1.29, 1.82) is 0 Å². The molecule has 0 spiro atoms. The Labute approximate surface area is 128 Å². The van der Waals surface area contributed by atoms with Gasteiger partial charge in [-0.2, -0.15) is 0 Å². The Morgan fingerprint density at radius 1 is 1.33 bits per heavy atom. The summed E-state index contributed by atoms with van der Waals surface area (Å²) in [6, 6.07) is 2.88. The zero-order valence-corrected chi connectivity index (χ0v) is 13.6. The third-order valence-corrected chi connectivity index (χ3v) is 4.58. The summed E-state index contributed by atoms with van der Waals surface area (Å²) in [6.45, 7) is 5.12. The van der Waals surface area contributed by atoms with Crippen LogP contribution >= 0.6 is 11.6 Å². The second-order valence-corrected chi connectivity index (χ2v) is 7.06. The molecule has 1 amide bonds. The van der Waals surface area contributed by atoms with Crippen molar-refractivity contribution in [3.05, 3.63) is 29.0 Å². The van der Waals surface area contributed by atoms with Gasteiger partial charge in [0.2, 0.25) is 15.9 Å². The van der Waals surface area contributed by atoms with E-state index in [2.05, 4.69) is 10.0 Å². The van der Waals surface area contributed by atoms with Crippen molar-refractivity contribution in [1.82, 2.24) is 10.0 Å². The largest absolute Gasteiger partial charge is 0.354 e. The first-order valence-corrected chi connectivity index (χ1v) is 8.25. The number of carbonyl (C=O) groups excluding carboxylic acids is 1. The van der Waals surface area contributed by atoms with Crippen molar-refractivity contribution in [2.75, 3.05) is 0 Å². The van der Waals surface area contributed by atoms with Crippen LogP contribution < -0.4 is 10.0 Å². The summed E-state index contributed by atoms with van der Waals surface area (Å²) < 4.78 is 40.1. The number of benzene rings is 1. The number of carbonyl (C=O) groups is 1. The van der Waals surface area contributed by atoms with Crippen LogP contribution in [0.15, 0.2) is 23.1 Å². The number of rotatable bonds is 6. The lowest BCUT2D eigenvalue weighted by Crippen LogP contribution is -2.39. The van der Waals surface area contributed by atoms with Gasteiger partial charge in [-0.1, -0.05) is 17.7 Å². The van der Waals surface area contributed by atoms with Gasteiger partial charge in [0.25, 0.3) is 0 Å². The van der Waals surface area contributed by atoms with E-state index in [9.17, 15) is 17.6 Å². The van der Waals surface area contributed by atoms with Gasteiger partial charge < -0.3 is 5.32 Å². The highest BCUT2D eigenvalue weighted by atomic mass is 35.5. The molecule has 0 aliphatic carbocycles. The van der Waals surface area contributed by atoms with Gasteiger partial charge in [0.1, 0.15) is 10.7 Å². The van der Waals surface area contributed by atoms with E-state index in [1.165, 1.54) is 19.1 Å². The number of amides is 1. The van der Waals surface area contributed by atoms with Crippen LogP contribution in [0.25, 0.3) is 0 Å². The minimum absolute atomic E-state index is 0.0395. The smallest absolute Gasteiger partial charge is 0.245 e. The molecule has 118 valence electrons. The van der Waals surface area contributed by atoms with Crippen LogP contribution in [-0.2, 0) is 14.8 Å².